The van der Waals surface area contributed by atoms with Crippen LogP contribution in [0.4, 0.5) is 5.13 Å². The minimum absolute atomic E-state index is 0. The topological polar surface area (TPSA) is 54.0 Å². The molecular formula is C11H18ClN3OS. The molecule has 4 nitrogen and oxygen atoms in total. The van der Waals surface area contributed by atoms with Gasteiger partial charge in [0.2, 0.25) is 5.91 Å². The van der Waals surface area contributed by atoms with Gasteiger partial charge in [0, 0.05) is 11.9 Å². The Morgan fingerprint density at radius 1 is 1.65 bits per heavy atom. The lowest BCUT2D eigenvalue weighted by Crippen LogP contribution is -2.46. The van der Waals surface area contributed by atoms with Crippen molar-refractivity contribution >= 4 is 34.8 Å². The molecule has 1 fully saturated rings. The normalized spacial score (nSPS) is 23.9. The molecule has 2 N–H and O–H groups in total. The molecule has 0 saturated carbocycles. The van der Waals surface area contributed by atoms with E-state index in [2.05, 4.69) is 15.6 Å². The molecule has 0 aliphatic carbocycles. The van der Waals surface area contributed by atoms with Gasteiger partial charge in [-0.1, -0.05) is 0 Å². The van der Waals surface area contributed by atoms with Crippen LogP contribution in [0.1, 0.15) is 25.5 Å². The van der Waals surface area contributed by atoms with Crippen molar-refractivity contribution in [3.05, 3.63) is 11.1 Å². The molecule has 1 amide bonds. The molecule has 2 rings (SSSR count). The molecule has 1 unspecified atom stereocenters. The Balaban J connectivity index is 0.00000144. The van der Waals surface area contributed by atoms with Crippen LogP contribution in [0, 0.1) is 12.3 Å². The largest absolute Gasteiger partial charge is 0.316 e. The van der Waals surface area contributed by atoms with Crippen LogP contribution in [0.3, 0.4) is 0 Å². The molecule has 0 bridgehead atoms. The first-order valence-corrected chi connectivity index (χ1v) is 6.42. The van der Waals surface area contributed by atoms with Crippen molar-refractivity contribution in [2.45, 2.75) is 26.7 Å². The average molecular weight is 276 g/mol. The van der Waals surface area contributed by atoms with E-state index in [0.29, 0.717) is 5.13 Å². The summed E-state index contributed by atoms with van der Waals surface area (Å²) in [6, 6.07) is 0. The lowest BCUT2D eigenvalue weighted by molar-refractivity contribution is -0.125. The smallest absolute Gasteiger partial charge is 0.233 e. The summed E-state index contributed by atoms with van der Waals surface area (Å²) in [7, 11) is 0. The van der Waals surface area contributed by atoms with Gasteiger partial charge in [-0.25, -0.2) is 4.98 Å². The summed E-state index contributed by atoms with van der Waals surface area (Å²) in [6.45, 7) is 5.70. The van der Waals surface area contributed by atoms with Crippen molar-refractivity contribution < 1.29 is 4.79 Å². The predicted molar refractivity (Wildman–Crippen MR) is 72.9 cm³/mol. The Morgan fingerprint density at radius 3 is 2.94 bits per heavy atom. The van der Waals surface area contributed by atoms with Gasteiger partial charge < -0.3 is 10.6 Å². The van der Waals surface area contributed by atoms with Gasteiger partial charge >= 0.3 is 0 Å². The van der Waals surface area contributed by atoms with Crippen molar-refractivity contribution in [3.63, 3.8) is 0 Å². The third-order valence-corrected chi connectivity index (χ3v) is 3.86. The Bertz CT molecular complexity index is 388. The molecule has 96 valence electrons. The number of carbonyl (C=O) groups is 1. The van der Waals surface area contributed by atoms with E-state index in [4.69, 9.17) is 0 Å². The molecule has 0 radical (unpaired) electrons. The fraction of sp³-hybridized carbons (Fsp3) is 0.636. The first-order valence-electron chi connectivity index (χ1n) is 5.54. The van der Waals surface area contributed by atoms with E-state index in [9.17, 15) is 4.79 Å². The number of thiazole rings is 1. The number of hydrogen-bond acceptors (Lipinski definition) is 4. The lowest BCUT2D eigenvalue weighted by Gasteiger charge is -2.32. The second kappa shape index (κ2) is 5.80. The number of anilines is 1. The molecule has 2 heterocycles. The molecule has 1 aliphatic heterocycles. The van der Waals surface area contributed by atoms with Gasteiger partial charge in [-0.15, -0.1) is 23.7 Å². The maximum absolute atomic E-state index is 12.1. The first-order chi connectivity index (χ1) is 7.60. The Hall–Kier alpha value is -0.650. The molecular weight excluding hydrogens is 258 g/mol. The minimum Gasteiger partial charge on any atom is -0.316 e. The highest BCUT2D eigenvalue weighted by Crippen LogP contribution is 2.27. The summed E-state index contributed by atoms with van der Waals surface area (Å²) in [5, 5.41) is 8.82. The van der Waals surface area contributed by atoms with Crippen LogP contribution in [-0.2, 0) is 4.79 Å². The fourth-order valence-corrected chi connectivity index (χ4v) is 2.59. The molecule has 0 spiro atoms. The number of nitrogens with zero attached hydrogens (tertiary/aromatic N) is 1. The molecule has 1 aliphatic rings. The minimum atomic E-state index is -0.294. The van der Waals surface area contributed by atoms with E-state index in [0.717, 1.165) is 31.6 Å². The Kier molecular flexibility index (Phi) is 4.91. The van der Waals surface area contributed by atoms with Gasteiger partial charge in [0.15, 0.2) is 5.13 Å². The van der Waals surface area contributed by atoms with Crippen molar-refractivity contribution in [2.24, 2.45) is 5.41 Å². The van der Waals surface area contributed by atoms with Gasteiger partial charge in [-0.05, 0) is 33.2 Å². The number of aromatic nitrogens is 1. The Morgan fingerprint density at radius 2 is 2.41 bits per heavy atom. The van der Waals surface area contributed by atoms with Crippen LogP contribution < -0.4 is 10.6 Å². The first kappa shape index (κ1) is 14.4. The lowest BCUT2D eigenvalue weighted by atomic mass is 9.82. The van der Waals surface area contributed by atoms with E-state index in [1.54, 1.807) is 0 Å². The van der Waals surface area contributed by atoms with Crippen LogP contribution >= 0.6 is 23.7 Å². The van der Waals surface area contributed by atoms with Crippen LogP contribution in [0.25, 0.3) is 0 Å². The van der Waals surface area contributed by atoms with Gasteiger partial charge in [0.05, 0.1) is 11.1 Å². The van der Waals surface area contributed by atoms with E-state index < -0.39 is 0 Å². The number of rotatable bonds is 2. The number of piperidine rings is 1. The standard InChI is InChI=1S/C11H17N3OS.ClH/c1-8-6-16-10(13-8)14-9(15)11(2)4-3-5-12-7-11;/h6,12H,3-5,7H2,1-2H3,(H,13,14,15);1H. The summed E-state index contributed by atoms with van der Waals surface area (Å²) in [5.41, 5.74) is 0.657. The zero-order valence-corrected chi connectivity index (χ0v) is 11.7. The zero-order chi connectivity index (χ0) is 11.6. The van der Waals surface area contributed by atoms with Gasteiger partial charge in [0.1, 0.15) is 0 Å². The molecule has 1 atom stereocenters. The SMILES string of the molecule is Cc1csc(NC(=O)C2(C)CCCNC2)n1.Cl. The summed E-state index contributed by atoms with van der Waals surface area (Å²) < 4.78 is 0. The summed E-state index contributed by atoms with van der Waals surface area (Å²) in [6.07, 6.45) is 2.00. The number of halogens is 1. The number of aryl methyl sites for hydroxylation is 1. The molecule has 17 heavy (non-hydrogen) atoms. The number of carbonyl (C=O) groups excluding carboxylic acids is 1. The third kappa shape index (κ3) is 3.40. The Labute approximate surface area is 112 Å². The van der Waals surface area contributed by atoms with Gasteiger partial charge in [0.25, 0.3) is 0 Å². The number of nitrogens with one attached hydrogen (secondary N) is 2. The quantitative estimate of drug-likeness (QED) is 0.870. The second-order valence-electron chi connectivity index (χ2n) is 4.59. The highest BCUT2D eigenvalue weighted by Gasteiger charge is 2.34. The highest BCUT2D eigenvalue weighted by atomic mass is 35.5. The molecule has 1 aromatic rings. The molecule has 6 heteroatoms. The van der Waals surface area contributed by atoms with Crippen LogP contribution in [0.5, 0.6) is 0 Å². The zero-order valence-electron chi connectivity index (χ0n) is 10.1. The van der Waals surface area contributed by atoms with Crippen molar-refractivity contribution in [1.29, 1.82) is 0 Å². The molecule has 1 aromatic heterocycles. The summed E-state index contributed by atoms with van der Waals surface area (Å²) >= 11 is 1.48. The second-order valence-corrected chi connectivity index (χ2v) is 5.45. The maximum Gasteiger partial charge on any atom is 0.233 e. The van der Waals surface area contributed by atoms with Crippen molar-refractivity contribution in [1.82, 2.24) is 10.3 Å². The van der Waals surface area contributed by atoms with Crippen LogP contribution in [-0.4, -0.2) is 24.0 Å². The van der Waals surface area contributed by atoms with Crippen molar-refractivity contribution in [3.8, 4) is 0 Å². The predicted octanol–water partition coefficient (Wildman–Crippen LogP) is 2.20. The van der Waals surface area contributed by atoms with E-state index in [1.165, 1.54) is 11.3 Å². The third-order valence-electron chi connectivity index (χ3n) is 2.98. The average Bonchev–Trinajstić information content (AvgIpc) is 2.65. The number of amides is 1. The monoisotopic (exact) mass is 275 g/mol. The van der Waals surface area contributed by atoms with Crippen LogP contribution in [0.15, 0.2) is 5.38 Å². The maximum atomic E-state index is 12.1. The van der Waals surface area contributed by atoms with Gasteiger partial charge in [-0.3, -0.25) is 4.79 Å². The highest BCUT2D eigenvalue weighted by molar-refractivity contribution is 7.13. The summed E-state index contributed by atoms with van der Waals surface area (Å²) in [5.74, 6) is 0.0778. The number of hydrogen-bond donors (Lipinski definition) is 2. The van der Waals surface area contributed by atoms with Crippen LogP contribution in [0.2, 0.25) is 0 Å². The van der Waals surface area contributed by atoms with Gasteiger partial charge in [-0.2, -0.15) is 0 Å². The van der Waals surface area contributed by atoms with Crippen molar-refractivity contribution in [2.75, 3.05) is 18.4 Å². The molecule has 0 aromatic carbocycles. The van der Waals surface area contributed by atoms with E-state index >= 15 is 0 Å². The molecule has 1 saturated heterocycles. The van der Waals surface area contributed by atoms with E-state index in [1.807, 2.05) is 19.2 Å². The summed E-state index contributed by atoms with van der Waals surface area (Å²) in [4.78, 5) is 16.4. The van der Waals surface area contributed by atoms with E-state index in [-0.39, 0.29) is 23.7 Å². The fourth-order valence-electron chi connectivity index (χ4n) is 1.91.